The third kappa shape index (κ3) is 8.10. The maximum atomic E-state index is 13.2. The van der Waals surface area contributed by atoms with Crippen molar-refractivity contribution in [2.24, 2.45) is 5.92 Å². The van der Waals surface area contributed by atoms with Crippen LogP contribution in [0.2, 0.25) is 13.3 Å². The second kappa shape index (κ2) is 15.7. The van der Waals surface area contributed by atoms with Crippen molar-refractivity contribution in [1.29, 1.82) is 0 Å². The maximum absolute atomic E-state index is 13.2. The molecule has 2 saturated heterocycles. The van der Waals surface area contributed by atoms with Crippen LogP contribution >= 0.6 is 0 Å². The fourth-order valence-corrected chi connectivity index (χ4v) is 21.6. The van der Waals surface area contributed by atoms with Crippen LogP contribution in [0.4, 0.5) is 0 Å². The number of hydrogen-bond acceptors (Lipinski definition) is 3. The van der Waals surface area contributed by atoms with Gasteiger partial charge >= 0.3 is 220 Å². The van der Waals surface area contributed by atoms with E-state index in [9.17, 15) is 4.79 Å². The van der Waals surface area contributed by atoms with Gasteiger partial charge in [0.15, 0.2) is 0 Å². The minimum atomic E-state index is -2.28. The summed E-state index contributed by atoms with van der Waals surface area (Å²) >= 11 is -2.28. The van der Waals surface area contributed by atoms with E-state index < -0.39 is 18.4 Å². The van der Waals surface area contributed by atoms with E-state index in [1.165, 1.54) is 75.8 Å². The summed E-state index contributed by atoms with van der Waals surface area (Å²) in [7, 11) is 1.58. The molecule has 0 saturated carbocycles. The number of piperidine rings is 1. The van der Waals surface area contributed by atoms with Crippen molar-refractivity contribution in [2.45, 2.75) is 130 Å². The Bertz CT molecular complexity index is 813. The quantitative estimate of drug-likeness (QED) is 0.138. The molecule has 3 nitrogen and oxygen atoms in total. The van der Waals surface area contributed by atoms with Crippen molar-refractivity contribution in [3.63, 3.8) is 0 Å². The van der Waals surface area contributed by atoms with Gasteiger partial charge in [-0.3, -0.25) is 0 Å². The van der Waals surface area contributed by atoms with Crippen LogP contribution in [0.5, 0.6) is 0 Å². The Morgan fingerprint density at radius 2 is 1.57 bits per heavy atom. The number of nitrogens with zero attached hydrogens (tertiary/aromatic N) is 1. The van der Waals surface area contributed by atoms with E-state index in [1.807, 2.05) is 0 Å². The summed E-state index contributed by atoms with van der Waals surface area (Å²) in [5.74, 6) is 0.213. The number of esters is 1. The standard InChI is InChI=1S/C21H28NO2.3C4H9.Sn/c1-4-6-15-7-9-16(10-8-15)18-14-17-11-12-19(22(17)13-5-2)20(18)21(23)24-3;3*1-3-4-2;/h2,5,7-10,17-20H,4,6,11-14H2,1,3H3;3*1,3-4H2,2H3;/t17-,18+,19+,20-;;;;/m0..../s1. The zero-order chi connectivity index (χ0) is 26.7. The molecule has 4 atom stereocenters. The van der Waals surface area contributed by atoms with Crippen LogP contribution in [0, 0.1) is 5.92 Å². The van der Waals surface area contributed by atoms with Crippen molar-refractivity contribution < 1.29 is 9.53 Å². The summed E-state index contributed by atoms with van der Waals surface area (Å²) in [6, 6.07) is 10.0. The van der Waals surface area contributed by atoms with Crippen molar-refractivity contribution >= 4 is 24.3 Å². The number of fused-ring (bicyclic) bond motifs is 2. The molecule has 37 heavy (non-hydrogen) atoms. The Balaban J connectivity index is 1.79. The van der Waals surface area contributed by atoms with Gasteiger partial charge in [0.05, 0.1) is 0 Å². The van der Waals surface area contributed by atoms with Crippen molar-refractivity contribution in [3.05, 3.63) is 45.6 Å². The number of aryl methyl sites for hydroxylation is 1. The molecule has 4 heteroatoms. The summed E-state index contributed by atoms with van der Waals surface area (Å²) < 4.78 is 12.8. The zero-order valence-electron chi connectivity index (χ0n) is 24.6. The summed E-state index contributed by atoms with van der Waals surface area (Å²) in [6.07, 6.45) is 16.5. The number of hydrogen-bond donors (Lipinski definition) is 0. The second-order valence-electron chi connectivity index (χ2n) is 12.0. The first-order chi connectivity index (χ1) is 18.0. The van der Waals surface area contributed by atoms with Gasteiger partial charge in [0.1, 0.15) is 0 Å². The molecule has 2 bridgehead atoms. The molecule has 3 rings (SSSR count). The number of benzene rings is 1. The zero-order valence-corrected chi connectivity index (χ0v) is 27.5. The van der Waals surface area contributed by atoms with Gasteiger partial charge in [-0.25, -0.2) is 0 Å². The van der Waals surface area contributed by atoms with Crippen molar-refractivity contribution in [2.75, 3.05) is 13.7 Å². The number of rotatable bonds is 16. The molecule has 0 amide bonds. The molecule has 1 aromatic rings. The fourth-order valence-electron chi connectivity index (χ4n) is 7.25. The molecule has 0 radical (unpaired) electrons. The monoisotopic (exact) mass is 617 g/mol. The van der Waals surface area contributed by atoms with Crippen molar-refractivity contribution in [3.8, 4) is 0 Å². The van der Waals surface area contributed by atoms with Crippen LogP contribution in [-0.4, -0.2) is 55.0 Å². The molecular formula is C33H55NO2Sn. The summed E-state index contributed by atoms with van der Waals surface area (Å²) in [5, 5.41) is 0. The average Bonchev–Trinajstić information content (AvgIpc) is 3.19. The van der Waals surface area contributed by atoms with E-state index in [0.717, 1.165) is 25.8 Å². The number of carbonyl (C=O) groups is 1. The molecule has 2 heterocycles. The van der Waals surface area contributed by atoms with Gasteiger partial charge in [0, 0.05) is 0 Å². The van der Waals surface area contributed by atoms with E-state index in [1.54, 1.807) is 7.11 Å². The molecular weight excluding hydrogens is 561 g/mol. The Morgan fingerprint density at radius 1 is 0.946 bits per heavy atom. The van der Waals surface area contributed by atoms with Gasteiger partial charge in [0.2, 0.25) is 0 Å². The van der Waals surface area contributed by atoms with Gasteiger partial charge in [-0.15, -0.1) is 0 Å². The van der Waals surface area contributed by atoms with E-state index in [-0.39, 0.29) is 17.8 Å². The Kier molecular flexibility index (Phi) is 13.0. The van der Waals surface area contributed by atoms with E-state index >= 15 is 0 Å². The molecule has 2 aliphatic rings. The van der Waals surface area contributed by atoms with Crippen molar-refractivity contribution in [1.82, 2.24) is 4.90 Å². The van der Waals surface area contributed by atoms with Gasteiger partial charge in [-0.05, 0) is 0 Å². The predicted octanol–water partition coefficient (Wildman–Crippen LogP) is 8.69. The third-order valence-electron chi connectivity index (χ3n) is 9.36. The first-order valence-corrected chi connectivity index (χ1v) is 23.3. The van der Waals surface area contributed by atoms with Gasteiger partial charge in [-0.1, -0.05) is 13.3 Å². The number of ether oxygens (including phenoxy) is 1. The van der Waals surface area contributed by atoms with E-state index in [2.05, 4.69) is 67.0 Å². The number of unbranched alkanes of at least 4 members (excludes halogenated alkanes) is 3. The molecule has 208 valence electrons. The molecule has 0 spiro atoms. The minimum absolute atomic E-state index is 0.00989. The van der Waals surface area contributed by atoms with E-state index in [4.69, 9.17) is 4.74 Å². The van der Waals surface area contributed by atoms with Gasteiger partial charge in [-0.2, -0.15) is 0 Å². The Hall–Kier alpha value is -0.811. The molecule has 0 aromatic heterocycles. The summed E-state index contributed by atoms with van der Waals surface area (Å²) in [4.78, 5) is 15.9. The topological polar surface area (TPSA) is 29.5 Å². The summed E-state index contributed by atoms with van der Waals surface area (Å²) in [6.45, 7) is 10.3. The first kappa shape index (κ1) is 30.7. The van der Waals surface area contributed by atoms with Crippen LogP contribution in [0.15, 0.2) is 34.4 Å². The normalized spacial score (nSPS) is 24.1. The molecule has 2 aliphatic heterocycles. The van der Waals surface area contributed by atoms with Crippen LogP contribution in [0.1, 0.15) is 109 Å². The fraction of sp³-hybridized carbons (Fsp3) is 0.727. The predicted molar refractivity (Wildman–Crippen MR) is 161 cm³/mol. The second-order valence-corrected chi connectivity index (χ2v) is 25.0. The number of methoxy groups -OCH3 is 1. The molecule has 2 fully saturated rings. The van der Waals surface area contributed by atoms with E-state index in [0.29, 0.717) is 12.1 Å². The Morgan fingerprint density at radius 3 is 2.11 bits per heavy atom. The summed E-state index contributed by atoms with van der Waals surface area (Å²) in [5.41, 5.74) is 2.73. The first-order valence-electron chi connectivity index (χ1n) is 15.6. The third-order valence-corrected chi connectivity index (χ3v) is 23.6. The van der Waals surface area contributed by atoms with Crippen LogP contribution in [-0.2, 0) is 16.0 Å². The number of carbonyl (C=O) groups excluding carboxylic acids is 1. The van der Waals surface area contributed by atoms with Gasteiger partial charge in [0.25, 0.3) is 0 Å². The van der Waals surface area contributed by atoms with Crippen LogP contribution in [0.3, 0.4) is 0 Å². The van der Waals surface area contributed by atoms with Crippen LogP contribution < -0.4 is 0 Å². The van der Waals surface area contributed by atoms with Gasteiger partial charge < -0.3 is 0 Å². The Labute approximate surface area is 232 Å². The SMILES string of the molecule is CCC[CH2][Sn](/[CH]=C/CN1[C@H]2CC[C@@H]1[C@@H](C(=O)OC)[C@@H](c1ccc(CCC)cc1)C2)([CH2]CCC)[CH2]CCC. The molecule has 1 aromatic carbocycles. The van der Waals surface area contributed by atoms with Crippen LogP contribution in [0.25, 0.3) is 0 Å². The molecule has 0 aliphatic carbocycles. The molecule has 0 N–H and O–H groups in total. The average molecular weight is 617 g/mol. The molecule has 0 unspecified atom stereocenters.